The highest BCUT2D eigenvalue weighted by molar-refractivity contribution is 5.95. The van der Waals surface area contributed by atoms with Crippen LogP contribution in [0.2, 0.25) is 0 Å². The predicted molar refractivity (Wildman–Crippen MR) is 108 cm³/mol. The summed E-state index contributed by atoms with van der Waals surface area (Å²) in [5.74, 6) is 1.57. The molecular weight excluding hydrogens is 322 g/mol. The Kier molecular flexibility index (Phi) is 4.13. The number of aryl methyl sites for hydroxylation is 1. The number of rotatable bonds is 3. The van der Waals surface area contributed by atoms with Crippen LogP contribution >= 0.6 is 0 Å². The molecule has 3 heteroatoms. The fourth-order valence-corrected chi connectivity index (χ4v) is 3.46. The Labute approximate surface area is 154 Å². The molecule has 26 heavy (non-hydrogen) atoms. The van der Waals surface area contributed by atoms with Gasteiger partial charge in [0.15, 0.2) is 0 Å². The Balaban J connectivity index is 2.08. The van der Waals surface area contributed by atoms with Gasteiger partial charge >= 0.3 is 0 Å². The molecule has 3 aromatic carbocycles. The molecule has 0 N–H and O–H groups in total. The average molecular weight is 343 g/mol. The van der Waals surface area contributed by atoms with E-state index in [4.69, 9.17) is 9.47 Å². The number of benzene rings is 3. The van der Waals surface area contributed by atoms with Crippen molar-refractivity contribution in [1.82, 2.24) is 0 Å². The minimum absolute atomic E-state index is 0.786. The number of para-hydroxylation sites is 2. The van der Waals surface area contributed by atoms with E-state index in [9.17, 15) is 0 Å². The lowest BCUT2D eigenvalue weighted by atomic mass is 10.1. The van der Waals surface area contributed by atoms with Crippen LogP contribution in [-0.4, -0.2) is 14.2 Å². The molecule has 0 amide bonds. The highest BCUT2D eigenvalue weighted by Crippen LogP contribution is 2.49. The lowest BCUT2D eigenvalue weighted by Crippen LogP contribution is -2.14. The first-order valence-electron chi connectivity index (χ1n) is 8.62. The monoisotopic (exact) mass is 343 g/mol. The van der Waals surface area contributed by atoms with Gasteiger partial charge in [-0.05, 0) is 47.9 Å². The molecule has 0 aromatic heterocycles. The molecular formula is C23H21NO2. The summed E-state index contributed by atoms with van der Waals surface area (Å²) >= 11 is 0. The SMILES string of the molecule is COc1cc(C)cc(OC)c1N1c2ccccc2C=Cc2ccccc21. The van der Waals surface area contributed by atoms with E-state index in [0.717, 1.165) is 45.3 Å². The number of anilines is 3. The van der Waals surface area contributed by atoms with Crippen molar-refractivity contribution < 1.29 is 9.47 Å². The second kappa shape index (κ2) is 6.60. The normalized spacial score (nSPS) is 12.2. The van der Waals surface area contributed by atoms with Gasteiger partial charge in [0.1, 0.15) is 17.2 Å². The third-order valence-electron chi connectivity index (χ3n) is 4.65. The van der Waals surface area contributed by atoms with Crippen LogP contribution in [0.15, 0.2) is 60.7 Å². The van der Waals surface area contributed by atoms with E-state index in [2.05, 4.69) is 65.6 Å². The minimum atomic E-state index is 0.786. The number of fused-ring (bicyclic) bond motifs is 2. The largest absolute Gasteiger partial charge is 0.494 e. The van der Waals surface area contributed by atoms with E-state index in [1.165, 1.54) is 0 Å². The van der Waals surface area contributed by atoms with E-state index < -0.39 is 0 Å². The topological polar surface area (TPSA) is 21.7 Å². The van der Waals surface area contributed by atoms with E-state index >= 15 is 0 Å². The van der Waals surface area contributed by atoms with Crippen molar-refractivity contribution in [2.75, 3.05) is 19.1 Å². The third kappa shape index (κ3) is 2.62. The zero-order valence-electron chi connectivity index (χ0n) is 15.2. The van der Waals surface area contributed by atoms with Gasteiger partial charge in [-0.2, -0.15) is 0 Å². The van der Waals surface area contributed by atoms with E-state index in [1.807, 2.05) is 19.1 Å². The first kappa shape index (κ1) is 16.3. The minimum Gasteiger partial charge on any atom is -0.494 e. The van der Waals surface area contributed by atoms with Crippen molar-refractivity contribution in [2.24, 2.45) is 0 Å². The molecule has 0 saturated heterocycles. The van der Waals surface area contributed by atoms with Crippen molar-refractivity contribution in [3.63, 3.8) is 0 Å². The maximum absolute atomic E-state index is 5.75. The van der Waals surface area contributed by atoms with E-state index in [-0.39, 0.29) is 0 Å². The Morgan fingerprint density at radius 3 is 1.62 bits per heavy atom. The van der Waals surface area contributed by atoms with Crippen LogP contribution in [-0.2, 0) is 0 Å². The maximum Gasteiger partial charge on any atom is 0.146 e. The summed E-state index contributed by atoms with van der Waals surface area (Å²) in [6, 6.07) is 20.8. The summed E-state index contributed by atoms with van der Waals surface area (Å²) in [6.07, 6.45) is 4.31. The van der Waals surface area contributed by atoms with Crippen LogP contribution in [0.3, 0.4) is 0 Å². The van der Waals surface area contributed by atoms with E-state index in [0.29, 0.717) is 0 Å². The van der Waals surface area contributed by atoms with Gasteiger partial charge in [-0.25, -0.2) is 0 Å². The second-order valence-electron chi connectivity index (χ2n) is 6.30. The lowest BCUT2D eigenvalue weighted by Gasteiger charge is -2.30. The Morgan fingerprint density at radius 2 is 1.15 bits per heavy atom. The second-order valence-corrected chi connectivity index (χ2v) is 6.30. The van der Waals surface area contributed by atoms with Crippen molar-refractivity contribution >= 4 is 29.2 Å². The molecule has 0 aliphatic carbocycles. The van der Waals surface area contributed by atoms with Gasteiger partial charge in [0.05, 0.1) is 25.6 Å². The van der Waals surface area contributed by atoms with Gasteiger partial charge < -0.3 is 14.4 Å². The van der Waals surface area contributed by atoms with Crippen LogP contribution in [0.5, 0.6) is 11.5 Å². The standard InChI is InChI=1S/C23H21NO2/c1-16-14-21(25-2)23(22(15-16)26-3)24-19-10-6-4-8-17(19)12-13-18-9-5-7-11-20(18)24/h4-15H,1-3H3. The smallest absolute Gasteiger partial charge is 0.146 e. The lowest BCUT2D eigenvalue weighted by molar-refractivity contribution is 0.396. The molecule has 0 spiro atoms. The molecule has 3 aromatic rings. The quantitative estimate of drug-likeness (QED) is 0.458. The number of hydrogen-bond donors (Lipinski definition) is 0. The molecule has 130 valence electrons. The molecule has 0 radical (unpaired) electrons. The fraction of sp³-hybridized carbons (Fsp3) is 0.130. The molecule has 0 bridgehead atoms. The van der Waals surface area contributed by atoms with Crippen LogP contribution < -0.4 is 14.4 Å². The van der Waals surface area contributed by atoms with Crippen molar-refractivity contribution in [2.45, 2.75) is 6.92 Å². The van der Waals surface area contributed by atoms with Crippen molar-refractivity contribution in [1.29, 1.82) is 0 Å². The Morgan fingerprint density at radius 1 is 0.692 bits per heavy atom. The number of hydrogen-bond acceptors (Lipinski definition) is 3. The summed E-state index contributed by atoms with van der Waals surface area (Å²) < 4.78 is 11.5. The number of methoxy groups -OCH3 is 2. The van der Waals surface area contributed by atoms with Crippen molar-refractivity contribution in [3.05, 3.63) is 77.4 Å². The molecule has 1 aliphatic rings. The molecule has 0 atom stereocenters. The zero-order chi connectivity index (χ0) is 18.1. The first-order valence-corrected chi connectivity index (χ1v) is 8.62. The molecule has 3 nitrogen and oxygen atoms in total. The van der Waals surface area contributed by atoms with Gasteiger partial charge in [0.25, 0.3) is 0 Å². The van der Waals surface area contributed by atoms with Gasteiger partial charge in [-0.15, -0.1) is 0 Å². The van der Waals surface area contributed by atoms with Gasteiger partial charge in [0.2, 0.25) is 0 Å². The van der Waals surface area contributed by atoms with Gasteiger partial charge in [-0.1, -0.05) is 48.6 Å². The Bertz CT molecular complexity index is 916. The van der Waals surface area contributed by atoms with Gasteiger partial charge in [-0.3, -0.25) is 0 Å². The molecule has 0 saturated carbocycles. The maximum atomic E-state index is 5.75. The van der Waals surface area contributed by atoms with Crippen LogP contribution in [0.25, 0.3) is 12.2 Å². The average Bonchev–Trinajstić information content (AvgIpc) is 2.84. The highest BCUT2D eigenvalue weighted by Gasteiger charge is 2.25. The predicted octanol–water partition coefficient (Wildman–Crippen LogP) is 5.97. The molecule has 0 fully saturated rings. The van der Waals surface area contributed by atoms with Gasteiger partial charge in [0, 0.05) is 0 Å². The van der Waals surface area contributed by atoms with Crippen LogP contribution in [0, 0.1) is 6.92 Å². The van der Waals surface area contributed by atoms with Crippen LogP contribution in [0.4, 0.5) is 17.1 Å². The highest BCUT2D eigenvalue weighted by atomic mass is 16.5. The fourth-order valence-electron chi connectivity index (χ4n) is 3.46. The Hall–Kier alpha value is -3.20. The summed E-state index contributed by atoms with van der Waals surface area (Å²) in [7, 11) is 3.40. The summed E-state index contributed by atoms with van der Waals surface area (Å²) in [6.45, 7) is 2.04. The third-order valence-corrected chi connectivity index (χ3v) is 4.65. The summed E-state index contributed by atoms with van der Waals surface area (Å²) in [5, 5.41) is 0. The molecule has 0 unspecified atom stereocenters. The van der Waals surface area contributed by atoms with Crippen LogP contribution in [0.1, 0.15) is 16.7 Å². The van der Waals surface area contributed by atoms with E-state index in [1.54, 1.807) is 14.2 Å². The first-order chi connectivity index (χ1) is 12.7. The zero-order valence-corrected chi connectivity index (χ0v) is 15.2. The molecule has 4 rings (SSSR count). The molecule has 1 aliphatic heterocycles. The number of nitrogens with zero attached hydrogens (tertiary/aromatic N) is 1. The van der Waals surface area contributed by atoms with Crippen molar-refractivity contribution in [3.8, 4) is 11.5 Å². The molecule has 1 heterocycles. The summed E-state index contributed by atoms with van der Waals surface area (Å²) in [4.78, 5) is 2.22. The number of ether oxygens (including phenoxy) is 2. The summed E-state index contributed by atoms with van der Waals surface area (Å²) in [5.41, 5.74) is 6.48.